The van der Waals surface area contributed by atoms with Gasteiger partial charge in [0.05, 0.1) is 12.2 Å². The van der Waals surface area contributed by atoms with E-state index in [1.165, 1.54) is 0 Å². The summed E-state index contributed by atoms with van der Waals surface area (Å²) in [7, 11) is 3.48. The molecule has 20 heavy (non-hydrogen) atoms. The van der Waals surface area contributed by atoms with Crippen molar-refractivity contribution in [1.29, 1.82) is 0 Å². The van der Waals surface area contributed by atoms with E-state index in [-0.39, 0.29) is 24.0 Å². The van der Waals surface area contributed by atoms with E-state index >= 15 is 0 Å². The van der Waals surface area contributed by atoms with Gasteiger partial charge in [-0.25, -0.2) is 4.98 Å². The number of rotatable bonds is 7. The smallest absolute Gasteiger partial charge is 0.191 e. The van der Waals surface area contributed by atoms with Gasteiger partial charge in [0, 0.05) is 32.7 Å². The van der Waals surface area contributed by atoms with Gasteiger partial charge >= 0.3 is 0 Å². The average molecular weight is 412 g/mol. The Hall–Kier alpha value is -0.410. The van der Waals surface area contributed by atoms with Crippen LogP contribution >= 0.6 is 35.3 Å². The number of halogens is 1. The van der Waals surface area contributed by atoms with Crippen molar-refractivity contribution in [2.45, 2.75) is 32.7 Å². The molecular weight excluding hydrogens is 387 g/mol. The molecule has 7 heteroatoms. The average Bonchev–Trinajstić information content (AvgIpc) is 2.87. The van der Waals surface area contributed by atoms with Crippen LogP contribution in [0.5, 0.6) is 0 Å². The Balaban J connectivity index is 0.00000361. The minimum absolute atomic E-state index is 0. The molecule has 1 rings (SSSR count). The van der Waals surface area contributed by atoms with Crippen LogP contribution in [0, 0.1) is 0 Å². The Labute approximate surface area is 142 Å². The monoisotopic (exact) mass is 412 g/mol. The van der Waals surface area contributed by atoms with Crippen LogP contribution in [-0.2, 0) is 11.3 Å². The van der Waals surface area contributed by atoms with Crippen LogP contribution in [0.15, 0.2) is 10.4 Å². The number of aromatic nitrogens is 1. The van der Waals surface area contributed by atoms with Crippen molar-refractivity contribution in [3.05, 3.63) is 16.1 Å². The summed E-state index contributed by atoms with van der Waals surface area (Å²) in [5.41, 5.74) is 1.16. The summed E-state index contributed by atoms with van der Waals surface area (Å²) < 4.78 is 5.00. The highest BCUT2D eigenvalue weighted by atomic mass is 127. The molecule has 0 aliphatic carbocycles. The molecule has 0 aliphatic heterocycles. The number of nitrogens with one attached hydrogen (secondary N) is 2. The predicted octanol–water partition coefficient (Wildman–Crippen LogP) is 2.59. The Morgan fingerprint density at radius 2 is 2.20 bits per heavy atom. The SMILES string of the molecule is CN=C(NCCCOC)NCc1nc(C(C)C)cs1.I. The lowest BCUT2D eigenvalue weighted by atomic mass is 10.2. The first-order chi connectivity index (χ1) is 9.17. The zero-order valence-corrected chi connectivity index (χ0v) is 15.7. The third-order valence-electron chi connectivity index (χ3n) is 2.61. The van der Waals surface area contributed by atoms with Gasteiger partial charge in [-0.1, -0.05) is 13.8 Å². The minimum atomic E-state index is 0. The van der Waals surface area contributed by atoms with Crippen molar-refractivity contribution in [2.24, 2.45) is 4.99 Å². The highest BCUT2D eigenvalue weighted by molar-refractivity contribution is 14.0. The highest BCUT2D eigenvalue weighted by Crippen LogP contribution is 2.17. The number of hydrogen-bond donors (Lipinski definition) is 2. The second-order valence-electron chi connectivity index (χ2n) is 4.52. The Bertz CT molecular complexity index is 395. The van der Waals surface area contributed by atoms with Gasteiger partial charge in [-0.05, 0) is 12.3 Å². The van der Waals surface area contributed by atoms with E-state index < -0.39 is 0 Å². The van der Waals surface area contributed by atoms with Crippen LogP contribution in [0.25, 0.3) is 0 Å². The first-order valence-electron chi connectivity index (χ1n) is 6.55. The summed E-state index contributed by atoms with van der Waals surface area (Å²) in [4.78, 5) is 8.75. The van der Waals surface area contributed by atoms with Crippen molar-refractivity contribution < 1.29 is 4.74 Å². The lowest BCUT2D eigenvalue weighted by molar-refractivity contribution is 0.195. The minimum Gasteiger partial charge on any atom is -0.385 e. The van der Waals surface area contributed by atoms with Crippen molar-refractivity contribution in [3.63, 3.8) is 0 Å². The first-order valence-corrected chi connectivity index (χ1v) is 7.43. The standard InChI is InChI=1S/C13H24N4OS.HI/c1-10(2)11-9-19-12(17-11)8-16-13(14-3)15-6-5-7-18-4;/h9-10H,5-8H2,1-4H3,(H2,14,15,16);1H. The lowest BCUT2D eigenvalue weighted by Gasteiger charge is -2.10. The maximum absolute atomic E-state index is 5.00. The molecule has 0 aromatic carbocycles. The third kappa shape index (κ3) is 7.39. The molecule has 5 nitrogen and oxygen atoms in total. The zero-order chi connectivity index (χ0) is 14.1. The van der Waals surface area contributed by atoms with E-state index in [1.807, 2.05) is 0 Å². The van der Waals surface area contributed by atoms with Gasteiger partial charge in [0.15, 0.2) is 5.96 Å². The number of methoxy groups -OCH3 is 1. The van der Waals surface area contributed by atoms with Crippen LogP contribution in [0.3, 0.4) is 0 Å². The van der Waals surface area contributed by atoms with Gasteiger partial charge in [0.25, 0.3) is 0 Å². The third-order valence-corrected chi connectivity index (χ3v) is 3.48. The maximum Gasteiger partial charge on any atom is 0.191 e. The number of nitrogens with zero attached hydrogens (tertiary/aromatic N) is 2. The molecule has 1 aromatic heterocycles. The van der Waals surface area contributed by atoms with Crippen LogP contribution in [-0.4, -0.2) is 38.3 Å². The number of hydrogen-bond acceptors (Lipinski definition) is 4. The van der Waals surface area contributed by atoms with E-state index in [0.717, 1.165) is 36.2 Å². The molecule has 0 spiro atoms. The van der Waals surface area contributed by atoms with Crippen molar-refractivity contribution in [1.82, 2.24) is 15.6 Å². The fraction of sp³-hybridized carbons (Fsp3) is 0.692. The largest absolute Gasteiger partial charge is 0.385 e. The van der Waals surface area contributed by atoms with Crippen LogP contribution in [0.2, 0.25) is 0 Å². The molecule has 1 heterocycles. The quantitative estimate of drug-likeness (QED) is 0.313. The topological polar surface area (TPSA) is 58.5 Å². The molecule has 2 N–H and O–H groups in total. The van der Waals surface area contributed by atoms with Gasteiger partial charge in [0.1, 0.15) is 5.01 Å². The predicted molar refractivity (Wildman–Crippen MR) is 96.3 cm³/mol. The maximum atomic E-state index is 5.00. The second-order valence-corrected chi connectivity index (χ2v) is 5.46. The van der Waals surface area contributed by atoms with E-state index in [4.69, 9.17) is 4.74 Å². The molecule has 0 atom stereocenters. The Morgan fingerprint density at radius 3 is 2.75 bits per heavy atom. The number of ether oxygens (including phenoxy) is 1. The van der Waals surface area contributed by atoms with Gasteiger partial charge in [-0.15, -0.1) is 35.3 Å². The van der Waals surface area contributed by atoms with Crippen LogP contribution in [0.1, 0.15) is 36.9 Å². The molecule has 116 valence electrons. The number of thiazole rings is 1. The number of guanidine groups is 1. The molecular formula is C13H25IN4OS. The molecule has 0 saturated heterocycles. The molecule has 0 aliphatic rings. The summed E-state index contributed by atoms with van der Waals surface area (Å²) in [5.74, 6) is 1.29. The highest BCUT2D eigenvalue weighted by Gasteiger charge is 2.06. The lowest BCUT2D eigenvalue weighted by Crippen LogP contribution is -2.37. The molecule has 0 radical (unpaired) electrons. The Kier molecular flexibility index (Phi) is 11.0. The van der Waals surface area contributed by atoms with Gasteiger partial charge in [-0.3, -0.25) is 4.99 Å². The molecule has 0 saturated carbocycles. The van der Waals surface area contributed by atoms with E-state index in [0.29, 0.717) is 12.5 Å². The Morgan fingerprint density at radius 1 is 1.45 bits per heavy atom. The van der Waals surface area contributed by atoms with E-state index in [1.54, 1.807) is 25.5 Å². The number of aliphatic imine (C=N–C) groups is 1. The molecule has 0 amide bonds. The zero-order valence-electron chi connectivity index (χ0n) is 12.6. The van der Waals surface area contributed by atoms with Crippen LogP contribution in [0.4, 0.5) is 0 Å². The summed E-state index contributed by atoms with van der Waals surface area (Å²) in [5, 5.41) is 9.71. The summed E-state index contributed by atoms with van der Waals surface area (Å²) in [6.07, 6.45) is 0.964. The summed E-state index contributed by atoms with van der Waals surface area (Å²) >= 11 is 1.69. The van der Waals surface area contributed by atoms with Gasteiger partial charge in [0.2, 0.25) is 0 Å². The van der Waals surface area contributed by atoms with Crippen molar-refractivity contribution in [3.8, 4) is 0 Å². The van der Waals surface area contributed by atoms with Crippen molar-refractivity contribution >= 4 is 41.3 Å². The molecule has 0 fully saturated rings. The fourth-order valence-electron chi connectivity index (χ4n) is 1.47. The van der Waals surface area contributed by atoms with E-state index in [2.05, 4.69) is 39.8 Å². The fourth-order valence-corrected chi connectivity index (χ4v) is 2.37. The summed E-state index contributed by atoms with van der Waals surface area (Å²) in [6, 6.07) is 0. The van der Waals surface area contributed by atoms with Crippen molar-refractivity contribution in [2.75, 3.05) is 27.3 Å². The van der Waals surface area contributed by atoms with Gasteiger partial charge < -0.3 is 15.4 Å². The van der Waals surface area contributed by atoms with E-state index in [9.17, 15) is 0 Å². The van der Waals surface area contributed by atoms with Gasteiger partial charge in [-0.2, -0.15) is 0 Å². The molecule has 0 bridgehead atoms. The second kappa shape index (κ2) is 11.3. The molecule has 1 aromatic rings. The summed E-state index contributed by atoms with van der Waals surface area (Å²) in [6.45, 7) is 6.63. The normalized spacial score (nSPS) is 11.3. The first kappa shape index (κ1) is 19.6. The molecule has 0 unspecified atom stereocenters. The van der Waals surface area contributed by atoms with Crippen LogP contribution < -0.4 is 10.6 Å².